The van der Waals surface area contributed by atoms with Crippen molar-refractivity contribution in [2.24, 2.45) is 0 Å². The zero-order valence-corrected chi connectivity index (χ0v) is 19.4. The van der Waals surface area contributed by atoms with E-state index in [1.807, 2.05) is 24.3 Å². The van der Waals surface area contributed by atoms with Crippen molar-refractivity contribution >= 4 is 41.8 Å². The van der Waals surface area contributed by atoms with Gasteiger partial charge < -0.3 is 0 Å². The molecule has 0 atom stereocenters. The van der Waals surface area contributed by atoms with Crippen molar-refractivity contribution in [3.05, 3.63) is 30.3 Å². The van der Waals surface area contributed by atoms with E-state index in [1.54, 1.807) is 4.57 Å². The number of nitrogens with zero attached hydrogens (tertiary/aromatic N) is 1. The van der Waals surface area contributed by atoms with Crippen molar-refractivity contribution in [1.82, 2.24) is 4.57 Å². The van der Waals surface area contributed by atoms with E-state index in [-0.39, 0.29) is 0 Å². The number of hydrogen-bond donors (Lipinski definition) is 1. The molecule has 0 aliphatic heterocycles. The van der Waals surface area contributed by atoms with E-state index >= 15 is 0 Å². The summed E-state index contributed by atoms with van der Waals surface area (Å²) in [6.07, 6.45) is 10.5. The molecule has 1 heterocycles. The summed E-state index contributed by atoms with van der Waals surface area (Å²) in [5, 5.41) is 10.9. The Morgan fingerprint density at radius 1 is 1.00 bits per heavy atom. The Hall–Kier alpha value is -0.971. The average molecular weight is 462 g/mol. The van der Waals surface area contributed by atoms with Crippen LogP contribution in [-0.2, 0) is 0 Å². The molecule has 0 spiro atoms. The molecule has 0 unspecified atom stereocenters. The van der Waals surface area contributed by atoms with Gasteiger partial charge in [-0.05, 0) is 0 Å². The molecule has 2 aromatic rings. The molecule has 142 valence electrons. The van der Waals surface area contributed by atoms with Crippen LogP contribution in [0.15, 0.2) is 30.3 Å². The van der Waals surface area contributed by atoms with Crippen LogP contribution in [0.3, 0.4) is 0 Å². The molecule has 0 amide bonds. The van der Waals surface area contributed by atoms with E-state index in [9.17, 15) is 9.90 Å². The molecule has 2 rings (SSSR count). The first-order valence-electron chi connectivity index (χ1n) is 10.2. The number of rotatable bonds is 11. The Bertz CT molecular complexity index is 685. The van der Waals surface area contributed by atoms with Crippen LogP contribution < -0.4 is 3.71 Å². The Kier molecular flexibility index (Phi) is 8.52. The second-order valence-electron chi connectivity index (χ2n) is 7.42. The number of fused-ring (bicyclic) bond motifs is 1. The van der Waals surface area contributed by atoms with Gasteiger partial charge >= 0.3 is 169 Å². The summed E-state index contributed by atoms with van der Waals surface area (Å²) in [5.74, 6) is 0. The third kappa shape index (κ3) is 5.27. The maximum atomic E-state index is 12.0. The monoisotopic (exact) mass is 463 g/mol. The van der Waals surface area contributed by atoms with Crippen LogP contribution in [-0.4, -0.2) is 36.9 Å². The molecule has 0 aliphatic carbocycles. The molecule has 4 heteroatoms. The van der Waals surface area contributed by atoms with Crippen LogP contribution in [0.2, 0.25) is 3.43 Å². The van der Waals surface area contributed by atoms with Gasteiger partial charge in [-0.15, -0.1) is 0 Å². The molecule has 1 aromatic carbocycles. The molecular formula is C22H33NO2Sn. The van der Waals surface area contributed by atoms with Gasteiger partial charge in [-0.1, -0.05) is 0 Å². The van der Waals surface area contributed by atoms with Crippen molar-refractivity contribution in [1.29, 1.82) is 0 Å². The second-order valence-corrected chi connectivity index (χ2v) is 12.6. The second kappa shape index (κ2) is 10.4. The minimum absolute atomic E-state index is 0.396. The number of aromatic nitrogens is 1. The fraction of sp³-hybridized carbons (Fsp3) is 0.591. The minimum atomic E-state index is -1.07. The molecule has 0 fully saturated rings. The van der Waals surface area contributed by atoms with Crippen LogP contribution in [0.1, 0.15) is 78.6 Å². The summed E-state index contributed by atoms with van der Waals surface area (Å²) < 4.78 is 3.12. The van der Waals surface area contributed by atoms with Gasteiger partial charge in [0.1, 0.15) is 0 Å². The summed E-state index contributed by atoms with van der Waals surface area (Å²) in [5.41, 5.74) is 0.853. The van der Waals surface area contributed by atoms with Crippen LogP contribution in [0, 0.1) is 0 Å². The van der Waals surface area contributed by atoms with Crippen molar-refractivity contribution in [2.75, 3.05) is 0 Å². The first kappa shape index (κ1) is 21.3. The quantitative estimate of drug-likeness (QED) is 0.403. The van der Waals surface area contributed by atoms with Gasteiger partial charge in [0.15, 0.2) is 0 Å². The first-order chi connectivity index (χ1) is 12.6. The van der Waals surface area contributed by atoms with Crippen molar-refractivity contribution in [3.63, 3.8) is 0 Å². The Labute approximate surface area is 168 Å². The molecule has 0 saturated carbocycles. The first-order valence-corrected chi connectivity index (χ1v) is 13.0. The van der Waals surface area contributed by atoms with E-state index < -0.39 is 27.2 Å². The number of carbonyl (C=O) groups is 1. The van der Waals surface area contributed by atoms with Crippen molar-refractivity contribution in [3.8, 4) is 0 Å². The number of hydrogen-bond acceptors (Lipinski definition) is 1. The number of unbranched alkanes of at least 4 members (excludes halogenated alkanes) is 3. The third-order valence-corrected chi connectivity index (χ3v) is 10.8. The Balaban J connectivity index is 2.43. The standard InChI is InChI=1S/C13H27.C9H6NO2.Sn/c1-4-7-10-13(11-8-5-2)12-9-6-3;11-9(12)10-6-5-7-3-1-2-4-8(7)10;/h4-12H2,1-3H3;1-5H,(H,11,12);. The molecule has 3 nitrogen and oxygen atoms in total. The Morgan fingerprint density at radius 2 is 1.54 bits per heavy atom. The van der Waals surface area contributed by atoms with E-state index in [0.29, 0.717) is 3.43 Å². The fourth-order valence-electron chi connectivity index (χ4n) is 3.83. The summed E-state index contributed by atoms with van der Waals surface area (Å²) in [6, 6.07) is 10.1. The summed E-state index contributed by atoms with van der Waals surface area (Å²) >= 11 is -1.07. The SMILES string of the molecule is CCCC[C](CCCC)(CCCC)[Sn][c]1cc2ccccc2n1C(=O)O. The molecule has 26 heavy (non-hydrogen) atoms. The number of para-hydroxylation sites is 1. The summed E-state index contributed by atoms with van der Waals surface area (Å²) in [6.45, 7) is 6.80. The van der Waals surface area contributed by atoms with Gasteiger partial charge in [0, 0.05) is 0 Å². The normalized spacial score (nSPS) is 12.0. The van der Waals surface area contributed by atoms with Gasteiger partial charge in [0.2, 0.25) is 0 Å². The number of carboxylic acid groups (broad SMARTS) is 1. The molecular weight excluding hydrogens is 429 g/mol. The van der Waals surface area contributed by atoms with Crippen LogP contribution >= 0.6 is 0 Å². The van der Waals surface area contributed by atoms with Gasteiger partial charge in [0.25, 0.3) is 0 Å². The molecule has 1 N–H and O–H groups in total. The fourth-order valence-corrected chi connectivity index (χ4v) is 9.55. The summed E-state index contributed by atoms with van der Waals surface area (Å²) in [7, 11) is 0. The van der Waals surface area contributed by atoms with Crippen LogP contribution in [0.4, 0.5) is 4.79 Å². The molecule has 0 bridgehead atoms. The summed E-state index contributed by atoms with van der Waals surface area (Å²) in [4.78, 5) is 12.0. The molecule has 1 aromatic heterocycles. The van der Waals surface area contributed by atoms with Crippen molar-refractivity contribution in [2.45, 2.75) is 82.0 Å². The predicted octanol–water partition coefficient (Wildman–Crippen LogP) is 6.23. The van der Waals surface area contributed by atoms with Crippen LogP contribution in [0.25, 0.3) is 10.9 Å². The van der Waals surface area contributed by atoms with Gasteiger partial charge in [-0.25, -0.2) is 0 Å². The van der Waals surface area contributed by atoms with Crippen molar-refractivity contribution < 1.29 is 9.90 Å². The van der Waals surface area contributed by atoms with E-state index in [2.05, 4.69) is 26.8 Å². The van der Waals surface area contributed by atoms with E-state index in [4.69, 9.17) is 0 Å². The van der Waals surface area contributed by atoms with Gasteiger partial charge in [0.05, 0.1) is 0 Å². The zero-order valence-electron chi connectivity index (χ0n) is 16.6. The van der Waals surface area contributed by atoms with Gasteiger partial charge in [-0.3, -0.25) is 0 Å². The zero-order chi connectivity index (χ0) is 19.0. The number of benzene rings is 1. The van der Waals surface area contributed by atoms with E-state index in [0.717, 1.165) is 14.6 Å². The predicted molar refractivity (Wildman–Crippen MR) is 112 cm³/mol. The molecule has 0 aliphatic rings. The average Bonchev–Trinajstić information content (AvgIpc) is 3.00. The maximum absolute atomic E-state index is 12.0. The molecule has 2 radical (unpaired) electrons. The van der Waals surface area contributed by atoms with Crippen LogP contribution in [0.5, 0.6) is 0 Å². The Morgan fingerprint density at radius 3 is 2.04 bits per heavy atom. The third-order valence-electron chi connectivity index (χ3n) is 5.32. The molecule has 0 saturated heterocycles. The topological polar surface area (TPSA) is 42.2 Å². The van der Waals surface area contributed by atoms with E-state index in [1.165, 1.54) is 57.8 Å². The van der Waals surface area contributed by atoms with Gasteiger partial charge in [-0.2, -0.15) is 0 Å².